The molecule has 1 aromatic rings. The number of para-hydroxylation sites is 1. The van der Waals surface area contributed by atoms with Crippen LogP contribution in [0.25, 0.3) is 0 Å². The van der Waals surface area contributed by atoms with Crippen molar-refractivity contribution in [2.45, 2.75) is 6.42 Å². The molecule has 0 aliphatic heterocycles. The van der Waals surface area contributed by atoms with Gasteiger partial charge in [0.1, 0.15) is 11.7 Å². The Kier molecular flexibility index (Phi) is 17.1. The average Bonchev–Trinajstić information content (AvgIpc) is 2.32. The monoisotopic (exact) mass is 316 g/mol. The van der Waals surface area contributed by atoms with Gasteiger partial charge < -0.3 is 10.6 Å². The smallest absolute Gasteiger partial charge is 0.128 e. The molecule has 5 heteroatoms. The quantitative estimate of drug-likeness (QED) is 0.587. The molecule has 3 nitrogen and oxygen atoms in total. The van der Waals surface area contributed by atoms with Crippen molar-refractivity contribution in [2.24, 2.45) is 0 Å². The minimum atomic E-state index is 0. The molecule has 0 radical (unpaired) electrons. The minimum absolute atomic E-state index is 0. The molecular weight excluding hydrogens is 302 g/mol. The molecule has 1 aliphatic carbocycles. The van der Waals surface area contributed by atoms with Gasteiger partial charge in [0.2, 0.25) is 0 Å². The van der Waals surface area contributed by atoms with Gasteiger partial charge >= 0.3 is 0 Å². The fourth-order valence-corrected chi connectivity index (χ4v) is 1.02. The Hall–Kier alpha value is -1.12. The zero-order valence-corrected chi connectivity index (χ0v) is 13.9. The second-order valence-corrected chi connectivity index (χ2v) is 2.95. The predicted octanol–water partition coefficient (Wildman–Crippen LogP) is 1.94. The second kappa shape index (κ2) is 13.9. The maximum Gasteiger partial charge on any atom is 0.128 e. The molecule has 0 saturated heterocycles. The van der Waals surface area contributed by atoms with Crippen molar-refractivity contribution in [3.05, 3.63) is 60.2 Å². The number of phenolic OH excluding ortho intramolecular Hbond substituents is 1. The molecule has 0 atom stereocenters. The van der Waals surface area contributed by atoms with Gasteiger partial charge in [-0.25, -0.2) is 4.79 Å². The fourth-order valence-electron chi connectivity index (χ4n) is 1.02. The van der Waals surface area contributed by atoms with Crippen LogP contribution in [0.3, 0.4) is 0 Å². The molecule has 18 heavy (non-hydrogen) atoms. The van der Waals surface area contributed by atoms with E-state index in [0.29, 0.717) is 5.75 Å². The number of hydrogen-bond donors (Lipinski definition) is 1. The van der Waals surface area contributed by atoms with E-state index in [-0.39, 0.29) is 38.4 Å². The third kappa shape index (κ3) is 10.1. The molecule has 0 bridgehead atoms. The number of carbonyl (C=O) groups excluding carboxylic acids is 1. The van der Waals surface area contributed by atoms with Crippen molar-refractivity contribution in [2.75, 3.05) is 0 Å². The summed E-state index contributed by atoms with van der Waals surface area (Å²) in [5, 5.41) is 8.63. The summed E-state index contributed by atoms with van der Waals surface area (Å²) in [5.41, 5.74) is 0.729. The first-order chi connectivity index (χ1) is 7.33. The first-order valence-corrected chi connectivity index (χ1v) is 4.64. The zero-order chi connectivity index (χ0) is 10.9. The second-order valence-electron chi connectivity index (χ2n) is 2.95. The van der Waals surface area contributed by atoms with E-state index < -0.39 is 0 Å². The third-order valence-corrected chi connectivity index (χ3v) is 1.77. The Labute approximate surface area is 126 Å². The van der Waals surface area contributed by atoms with Crippen molar-refractivity contribution < 1.29 is 34.9 Å². The van der Waals surface area contributed by atoms with Crippen molar-refractivity contribution in [3.8, 4) is 5.75 Å². The Morgan fingerprint density at radius 1 is 1.11 bits per heavy atom. The Morgan fingerprint density at radius 3 is 2.00 bits per heavy atom. The van der Waals surface area contributed by atoms with Crippen LogP contribution in [0.15, 0.2) is 60.2 Å². The summed E-state index contributed by atoms with van der Waals surface area (Å²) in [4.78, 5) is 9.91. The number of allylic oxidation sites excluding steroid dienone is 5. The number of rotatable bonds is 0. The van der Waals surface area contributed by atoms with Gasteiger partial charge in [-0.3, -0.25) is 0 Å². The molecule has 0 spiro atoms. The van der Waals surface area contributed by atoms with Gasteiger partial charge in [-0.2, -0.15) is 13.5 Å². The van der Waals surface area contributed by atoms with Gasteiger partial charge in [0, 0.05) is 31.5 Å². The number of hydrogen-bond acceptors (Lipinski definition) is 2. The summed E-state index contributed by atoms with van der Waals surface area (Å²) in [6, 6.07) is 8.71. The summed E-state index contributed by atoms with van der Waals surface area (Å²) in [7, 11) is 0. The summed E-state index contributed by atoms with van der Waals surface area (Å²) in [6.45, 7) is 0. The normalized spacial score (nSPS) is 10.6. The molecule has 0 unspecified atom stereocenters. The maximum absolute atomic E-state index is 9.91. The van der Waals surface area contributed by atoms with Gasteiger partial charge in [-0.1, -0.05) is 36.4 Å². The summed E-state index contributed by atoms with van der Waals surface area (Å²) < 4.78 is 0. The number of benzene rings is 1. The number of phenols is 1. The van der Waals surface area contributed by atoms with Crippen LogP contribution in [0.5, 0.6) is 5.75 Å². The first-order valence-electron chi connectivity index (χ1n) is 4.64. The largest absolute Gasteiger partial charge is 0.508 e. The van der Waals surface area contributed by atoms with Crippen molar-refractivity contribution in [1.82, 2.24) is 0 Å². The van der Waals surface area contributed by atoms with Crippen LogP contribution in [0, 0.1) is 0 Å². The van der Waals surface area contributed by atoms with E-state index in [1.54, 1.807) is 30.3 Å². The summed E-state index contributed by atoms with van der Waals surface area (Å²) >= 11 is 0. The van der Waals surface area contributed by atoms with Gasteiger partial charge in [0.25, 0.3) is 0 Å². The minimum Gasteiger partial charge on any atom is -0.508 e. The Balaban J connectivity index is -0.000000215. The van der Waals surface area contributed by atoms with Crippen molar-refractivity contribution in [3.63, 3.8) is 0 Å². The van der Waals surface area contributed by atoms with E-state index in [9.17, 15) is 4.79 Å². The third-order valence-electron chi connectivity index (χ3n) is 1.77. The van der Waals surface area contributed by atoms with Crippen LogP contribution in [-0.2, 0) is 24.3 Å². The topological polar surface area (TPSA) is 68.8 Å². The van der Waals surface area contributed by atoms with Crippen LogP contribution in [0.2, 0.25) is 0 Å². The van der Waals surface area contributed by atoms with E-state index in [2.05, 4.69) is 0 Å². The zero-order valence-electron chi connectivity index (χ0n) is 9.97. The molecule has 94 valence electrons. The molecule has 0 fully saturated rings. The van der Waals surface area contributed by atoms with Gasteiger partial charge in [-0.15, -0.1) is 0 Å². The summed E-state index contributed by atoms with van der Waals surface area (Å²) in [6.07, 6.45) is 8.19. The standard InChI is InChI=1S/C7H6O.C6H6O.H2O.H2S.Zn/c8-6-7-4-2-1-3-5-7;7-6-4-2-1-3-5-6;;;/h1-4H,5H2;1-5,7H;2*1H2;. The average molecular weight is 318 g/mol. The predicted molar refractivity (Wildman–Crippen MR) is 74.2 cm³/mol. The van der Waals surface area contributed by atoms with Crippen LogP contribution in [-0.4, -0.2) is 16.5 Å². The van der Waals surface area contributed by atoms with Crippen molar-refractivity contribution in [1.29, 1.82) is 0 Å². The van der Waals surface area contributed by atoms with Gasteiger partial charge in [0.15, 0.2) is 0 Å². The Morgan fingerprint density at radius 2 is 1.72 bits per heavy atom. The molecule has 1 aliphatic rings. The van der Waals surface area contributed by atoms with E-state index in [4.69, 9.17) is 5.11 Å². The summed E-state index contributed by atoms with van der Waals surface area (Å²) in [5.74, 6) is 2.15. The van der Waals surface area contributed by atoms with E-state index in [1.165, 1.54) is 0 Å². The van der Waals surface area contributed by atoms with E-state index >= 15 is 0 Å². The molecule has 3 N–H and O–H groups in total. The maximum atomic E-state index is 9.91. The van der Waals surface area contributed by atoms with Crippen LogP contribution >= 0.6 is 13.5 Å². The molecular formula is C13H16O3SZn. The van der Waals surface area contributed by atoms with E-state index in [1.807, 2.05) is 30.2 Å². The molecule has 0 heterocycles. The van der Waals surface area contributed by atoms with Crippen molar-refractivity contribution >= 4 is 19.4 Å². The molecule has 0 saturated carbocycles. The number of aromatic hydroxyl groups is 1. The molecule has 0 amide bonds. The van der Waals surface area contributed by atoms with Gasteiger partial charge in [-0.05, 0) is 18.2 Å². The Bertz CT molecular complexity index is 410. The SMILES string of the molecule is O.O=C=C1C=CC=CC1.Oc1ccccc1.S.[Zn]. The van der Waals surface area contributed by atoms with E-state index in [0.717, 1.165) is 12.0 Å². The van der Waals surface area contributed by atoms with Gasteiger partial charge in [0.05, 0.1) is 0 Å². The van der Waals surface area contributed by atoms with Crippen LogP contribution < -0.4 is 0 Å². The van der Waals surface area contributed by atoms with Crippen LogP contribution in [0.1, 0.15) is 6.42 Å². The molecule has 2 rings (SSSR count). The molecule has 1 aromatic carbocycles. The fraction of sp³-hybridized carbons (Fsp3) is 0.0769. The van der Waals surface area contributed by atoms with Crippen LogP contribution in [0.4, 0.5) is 0 Å². The molecule has 0 aromatic heterocycles. The first kappa shape index (κ1) is 22.1.